The van der Waals surface area contributed by atoms with E-state index in [4.69, 9.17) is 10.2 Å². The van der Waals surface area contributed by atoms with Crippen molar-refractivity contribution >= 4 is 5.91 Å². The molecule has 82 valence electrons. The third kappa shape index (κ3) is 4.04. The van der Waals surface area contributed by atoms with Crippen LogP contribution in [-0.4, -0.2) is 47.5 Å². The van der Waals surface area contributed by atoms with Gasteiger partial charge in [0.25, 0.3) is 0 Å². The van der Waals surface area contributed by atoms with E-state index >= 15 is 0 Å². The highest BCUT2D eigenvalue weighted by Crippen LogP contribution is 2.18. The van der Waals surface area contributed by atoms with E-state index in [2.05, 4.69) is 10.6 Å². The number of carbonyl (C=O) groups excluding carboxylic acids is 1. The molecule has 1 saturated carbocycles. The van der Waals surface area contributed by atoms with Gasteiger partial charge in [0.1, 0.15) is 0 Å². The molecule has 0 aromatic rings. The first-order valence-corrected chi connectivity index (χ1v) is 4.96. The third-order valence-corrected chi connectivity index (χ3v) is 2.19. The predicted molar refractivity (Wildman–Crippen MR) is 51.7 cm³/mol. The number of rotatable bonds is 6. The lowest BCUT2D eigenvalue weighted by Gasteiger charge is -2.15. The number of carbonyl (C=O) groups is 1. The zero-order valence-electron chi connectivity index (χ0n) is 8.36. The molecule has 0 bridgehead atoms. The molecular formula is C9H18N2O3. The summed E-state index contributed by atoms with van der Waals surface area (Å²) in [5, 5.41) is 23.3. The SMILES string of the molecule is CC(NC[C@H](O)CO)C(=O)NC1CC1. The minimum atomic E-state index is -0.800. The fourth-order valence-corrected chi connectivity index (χ4v) is 1.02. The maximum absolute atomic E-state index is 11.4. The highest BCUT2D eigenvalue weighted by molar-refractivity contribution is 5.81. The van der Waals surface area contributed by atoms with Crippen molar-refractivity contribution in [1.82, 2.24) is 10.6 Å². The molecule has 0 saturated heterocycles. The van der Waals surface area contributed by atoms with E-state index in [1.54, 1.807) is 6.92 Å². The van der Waals surface area contributed by atoms with E-state index in [0.29, 0.717) is 6.04 Å². The van der Waals surface area contributed by atoms with Crippen LogP contribution in [-0.2, 0) is 4.79 Å². The van der Waals surface area contributed by atoms with Crippen LogP contribution >= 0.6 is 0 Å². The van der Waals surface area contributed by atoms with Crippen molar-refractivity contribution in [3.8, 4) is 0 Å². The standard InChI is InChI=1S/C9H18N2O3/c1-6(10-4-8(13)5-12)9(14)11-7-2-3-7/h6-8,10,12-13H,2-5H2,1H3,(H,11,14)/t6?,8-/m0/s1. The van der Waals surface area contributed by atoms with Crippen LogP contribution in [0.3, 0.4) is 0 Å². The van der Waals surface area contributed by atoms with Gasteiger partial charge in [-0.1, -0.05) is 0 Å². The third-order valence-electron chi connectivity index (χ3n) is 2.19. The Balaban J connectivity index is 2.12. The zero-order valence-corrected chi connectivity index (χ0v) is 8.36. The molecule has 0 aromatic carbocycles. The second-order valence-electron chi connectivity index (χ2n) is 3.75. The molecule has 0 aliphatic heterocycles. The summed E-state index contributed by atoms with van der Waals surface area (Å²) >= 11 is 0. The normalized spacial score (nSPS) is 20.2. The average molecular weight is 202 g/mol. The minimum absolute atomic E-state index is 0.0439. The van der Waals surface area contributed by atoms with Crippen LogP contribution in [0, 0.1) is 0 Å². The first kappa shape index (κ1) is 11.4. The van der Waals surface area contributed by atoms with Gasteiger partial charge in [-0.25, -0.2) is 0 Å². The highest BCUT2D eigenvalue weighted by Gasteiger charge is 2.25. The molecule has 0 radical (unpaired) electrons. The van der Waals surface area contributed by atoms with Crippen LogP contribution in [0.25, 0.3) is 0 Å². The first-order chi connectivity index (χ1) is 6.63. The molecule has 1 aliphatic carbocycles. The number of hydrogen-bond donors (Lipinski definition) is 4. The van der Waals surface area contributed by atoms with Gasteiger partial charge in [0.15, 0.2) is 0 Å². The topological polar surface area (TPSA) is 81.6 Å². The Kier molecular flexibility index (Phi) is 4.31. The molecule has 1 amide bonds. The summed E-state index contributed by atoms with van der Waals surface area (Å²) in [6, 6.07) is 0.0336. The summed E-state index contributed by atoms with van der Waals surface area (Å²) in [6.45, 7) is 1.68. The number of nitrogens with one attached hydrogen (secondary N) is 2. The second-order valence-corrected chi connectivity index (χ2v) is 3.75. The molecule has 5 heteroatoms. The molecule has 0 heterocycles. The van der Waals surface area contributed by atoms with E-state index in [0.717, 1.165) is 12.8 Å². The second kappa shape index (κ2) is 5.29. The number of aliphatic hydroxyl groups excluding tert-OH is 2. The van der Waals surface area contributed by atoms with Gasteiger partial charge in [0, 0.05) is 12.6 Å². The Labute approximate surface area is 83.5 Å². The lowest BCUT2D eigenvalue weighted by molar-refractivity contribution is -0.123. The Hall–Kier alpha value is -0.650. The van der Waals surface area contributed by atoms with Crippen molar-refractivity contribution in [1.29, 1.82) is 0 Å². The van der Waals surface area contributed by atoms with Crippen molar-refractivity contribution in [2.45, 2.75) is 38.0 Å². The maximum atomic E-state index is 11.4. The van der Waals surface area contributed by atoms with Gasteiger partial charge in [-0.05, 0) is 19.8 Å². The lowest BCUT2D eigenvalue weighted by atomic mass is 10.3. The largest absolute Gasteiger partial charge is 0.394 e. The van der Waals surface area contributed by atoms with Gasteiger partial charge in [-0.3, -0.25) is 4.79 Å². The summed E-state index contributed by atoms with van der Waals surface area (Å²) in [4.78, 5) is 11.4. The van der Waals surface area contributed by atoms with Crippen molar-refractivity contribution in [2.24, 2.45) is 0 Å². The Bertz CT molecular complexity index is 194. The van der Waals surface area contributed by atoms with Gasteiger partial charge >= 0.3 is 0 Å². The van der Waals surface area contributed by atoms with E-state index in [1.807, 2.05) is 0 Å². The van der Waals surface area contributed by atoms with Gasteiger partial charge in [0.05, 0.1) is 18.8 Å². The van der Waals surface area contributed by atoms with Gasteiger partial charge in [-0.2, -0.15) is 0 Å². The molecule has 14 heavy (non-hydrogen) atoms. The number of hydrogen-bond acceptors (Lipinski definition) is 4. The average Bonchev–Trinajstić information content (AvgIpc) is 2.97. The molecule has 0 aromatic heterocycles. The summed E-state index contributed by atoms with van der Waals surface area (Å²) in [5.41, 5.74) is 0. The van der Waals surface area contributed by atoms with Crippen LogP contribution in [0.1, 0.15) is 19.8 Å². The fourth-order valence-electron chi connectivity index (χ4n) is 1.02. The molecule has 5 nitrogen and oxygen atoms in total. The summed E-state index contributed by atoms with van der Waals surface area (Å²) in [6.07, 6.45) is 1.33. The van der Waals surface area contributed by atoms with Gasteiger partial charge < -0.3 is 20.8 Å². The van der Waals surface area contributed by atoms with E-state index in [9.17, 15) is 4.79 Å². The lowest BCUT2D eigenvalue weighted by Crippen LogP contribution is -2.45. The quantitative estimate of drug-likeness (QED) is 0.427. The molecular weight excluding hydrogens is 184 g/mol. The van der Waals surface area contributed by atoms with Crippen molar-refractivity contribution in [2.75, 3.05) is 13.2 Å². The molecule has 1 unspecified atom stereocenters. The van der Waals surface area contributed by atoms with Crippen LogP contribution in [0.2, 0.25) is 0 Å². The predicted octanol–water partition coefficient (Wildman–Crippen LogP) is -1.40. The van der Waals surface area contributed by atoms with E-state index in [-0.39, 0.29) is 25.1 Å². The molecule has 0 spiro atoms. The molecule has 1 aliphatic rings. The fraction of sp³-hybridized carbons (Fsp3) is 0.889. The summed E-state index contributed by atoms with van der Waals surface area (Å²) in [7, 11) is 0. The summed E-state index contributed by atoms with van der Waals surface area (Å²) in [5.74, 6) is -0.0439. The molecule has 4 N–H and O–H groups in total. The first-order valence-electron chi connectivity index (χ1n) is 4.96. The summed E-state index contributed by atoms with van der Waals surface area (Å²) < 4.78 is 0. The van der Waals surface area contributed by atoms with Crippen LogP contribution in [0.4, 0.5) is 0 Å². The molecule has 1 fully saturated rings. The number of aliphatic hydroxyl groups is 2. The zero-order chi connectivity index (χ0) is 10.6. The molecule has 2 atom stereocenters. The van der Waals surface area contributed by atoms with E-state index < -0.39 is 6.10 Å². The Morgan fingerprint density at radius 1 is 1.57 bits per heavy atom. The Morgan fingerprint density at radius 2 is 2.21 bits per heavy atom. The Morgan fingerprint density at radius 3 is 2.71 bits per heavy atom. The monoisotopic (exact) mass is 202 g/mol. The van der Waals surface area contributed by atoms with Gasteiger partial charge in [0.2, 0.25) is 5.91 Å². The van der Waals surface area contributed by atoms with Crippen LogP contribution < -0.4 is 10.6 Å². The maximum Gasteiger partial charge on any atom is 0.237 e. The van der Waals surface area contributed by atoms with Crippen molar-refractivity contribution < 1.29 is 15.0 Å². The van der Waals surface area contributed by atoms with Crippen molar-refractivity contribution in [3.05, 3.63) is 0 Å². The van der Waals surface area contributed by atoms with Crippen LogP contribution in [0.5, 0.6) is 0 Å². The van der Waals surface area contributed by atoms with Gasteiger partial charge in [-0.15, -0.1) is 0 Å². The highest BCUT2D eigenvalue weighted by atomic mass is 16.3. The van der Waals surface area contributed by atoms with Crippen LogP contribution in [0.15, 0.2) is 0 Å². The number of amides is 1. The van der Waals surface area contributed by atoms with Crippen molar-refractivity contribution in [3.63, 3.8) is 0 Å². The molecule has 1 rings (SSSR count). The smallest absolute Gasteiger partial charge is 0.237 e. The van der Waals surface area contributed by atoms with E-state index in [1.165, 1.54) is 0 Å². The minimum Gasteiger partial charge on any atom is -0.394 e.